The quantitative estimate of drug-likeness (QED) is 0.793. The molecule has 0 aliphatic rings. The summed E-state index contributed by atoms with van der Waals surface area (Å²) in [5, 5.41) is 3.54. The van der Waals surface area contributed by atoms with Crippen molar-refractivity contribution in [2.24, 2.45) is 0 Å². The van der Waals surface area contributed by atoms with Crippen LogP contribution in [0.1, 0.15) is 45.2 Å². The first kappa shape index (κ1) is 17.9. The molecule has 0 heterocycles. The Labute approximate surface area is 128 Å². The molecule has 0 saturated heterocycles. The summed E-state index contributed by atoms with van der Waals surface area (Å²) in [6.07, 6.45) is 1.93. The highest BCUT2D eigenvalue weighted by Gasteiger charge is 2.39. The molecule has 0 bridgehead atoms. The van der Waals surface area contributed by atoms with Gasteiger partial charge in [-0.05, 0) is 51.7 Å². The smallest absolute Gasteiger partial charge is 0.123 e. The SMILES string of the molecule is CCNC(c1cc(F)ccc1OC)C(CC)(CC)N(C)C. The molecule has 1 unspecified atom stereocenters. The lowest BCUT2D eigenvalue weighted by molar-refractivity contribution is 0.0875. The van der Waals surface area contributed by atoms with E-state index in [1.165, 1.54) is 6.07 Å². The molecule has 1 atom stereocenters. The summed E-state index contributed by atoms with van der Waals surface area (Å²) in [6.45, 7) is 7.25. The van der Waals surface area contributed by atoms with Crippen molar-refractivity contribution < 1.29 is 9.13 Å². The molecule has 1 rings (SSSR count). The molecule has 3 nitrogen and oxygen atoms in total. The van der Waals surface area contributed by atoms with E-state index in [0.717, 1.165) is 30.7 Å². The molecule has 0 saturated carbocycles. The third-order valence-corrected chi connectivity index (χ3v) is 4.56. The molecule has 0 radical (unpaired) electrons. The van der Waals surface area contributed by atoms with Gasteiger partial charge in [-0.25, -0.2) is 4.39 Å². The molecule has 1 N–H and O–H groups in total. The van der Waals surface area contributed by atoms with Crippen LogP contribution in [0, 0.1) is 5.82 Å². The zero-order chi connectivity index (χ0) is 16.0. The number of ether oxygens (including phenoxy) is 1. The molecular weight excluding hydrogens is 267 g/mol. The lowest BCUT2D eigenvalue weighted by atomic mass is 9.79. The molecule has 0 aliphatic heterocycles. The highest BCUT2D eigenvalue weighted by molar-refractivity contribution is 5.38. The maximum absolute atomic E-state index is 13.8. The summed E-state index contributed by atoms with van der Waals surface area (Å²) in [6, 6.07) is 4.76. The highest BCUT2D eigenvalue weighted by atomic mass is 19.1. The van der Waals surface area contributed by atoms with E-state index in [1.807, 2.05) is 0 Å². The lowest BCUT2D eigenvalue weighted by Crippen LogP contribution is -2.53. The Bertz CT molecular complexity index is 444. The van der Waals surface area contributed by atoms with Gasteiger partial charge >= 0.3 is 0 Å². The lowest BCUT2D eigenvalue weighted by Gasteiger charge is -2.46. The van der Waals surface area contributed by atoms with Crippen molar-refractivity contribution in [3.05, 3.63) is 29.6 Å². The monoisotopic (exact) mass is 296 g/mol. The normalized spacial score (nSPS) is 13.5. The Balaban J connectivity index is 3.44. The van der Waals surface area contributed by atoms with Crippen LogP contribution in [0.15, 0.2) is 18.2 Å². The van der Waals surface area contributed by atoms with Crippen LogP contribution >= 0.6 is 0 Å². The fraction of sp³-hybridized carbons (Fsp3) is 0.647. The predicted molar refractivity (Wildman–Crippen MR) is 86.4 cm³/mol. The van der Waals surface area contributed by atoms with Crippen LogP contribution < -0.4 is 10.1 Å². The van der Waals surface area contributed by atoms with Crippen molar-refractivity contribution in [3.8, 4) is 5.75 Å². The van der Waals surface area contributed by atoms with E-state index in [9.17, 15) is 4.39 Å². The van der Waals surface area contributed by atoms with E-state index in [2.05, 4.69) is 45.1 Å². The minimum Gasteiger partial charge on any atom is -0.496 e. The molecule has 0 amide bonds. The number of nitrogens with zero attached hydrogens (tertiary/aromatic N) is 1. The maximum Gasteiger partial charge on any atom is 0.123 e. The van der Waals surface area contributed by atoms with Crippen molar-refractivity contribution in [3.63, 3.8) is 0 Å². The fourth-order valence-corrected chi connectivity index (χ4v) is 3.27. The first-order valence-electron chi connectivity index (χ1n) is 7.71. The highest BCUT2D eigenvalue weighted by Crippen LogP contribution is 2.39. The van der Waals surface area contributed by atoms with E-state index >= 15 is 0 Å². The van der Waals surface area contributed by atoms with Crippen molar-refractivity contribution in [1.82, 2.24) is 10.2 Å². The number of hydrogen-bond donors (Lipinski definition) is 1. The second-order valence-electron chi connectivity index (χ2n) is 5.58. The first-order chi connectivity index (χ1) is 9.96. The number of likely N-dealkylation sites (N-methyl/N-ethyl adjacent to an activating group) is 2. The third-order valence-electron chi connectivity index (χ3n) is 4.56. The third kappa shape index (κ3) is 3.55. The van der Waals surface area contributed by atoms with Gasteiger partial charge in [0, 0.05) is 11.1 Å². The van der Waals surface area contributed by atoms with Crippen molar-refractivity contribution in [1.29, 1.82) is 0 Å². The molecule has 1 aromatic rings. The molecule has 1 aromatic carbocycles. The maximum atomic E-state index is 13.8. The Kier molecular flexibility index (Phi) is 6.62. The van der Waals surface area contributed by atoms with Crippen LogP contribution in [-0.2, 0) is 0 Å². The van der Waals surface area contributed by atoms with Crippen molar-refractivity contribution >= 4 is 0 Å². The number of methoxy groups -OCH3 is 1. The predicted octanol–water partition coefficient (Wildman–Crippen LogP) is 3.61. The minimum absolute atomic E-state index is 0.0122. The molecule has 120 valence electrons. The largest absolute Gasteiger partial charge is 0.496 e. The molecule has 0 aromatic heterocycles. The summed E-state index contributed by atoms with van der Waals surface area (Å²) in [5.74, 6) is 0.504. The Morgan fingerprint density at radius 3 is 2.29 bits per heavy atom. The van der Waals surface area contributed by atoms with Gasteiger partial charge in [0.05, 0.1) is 13.2 Å². The molecule has 0 aliphatic carbocycles. The number of nitrogens with one attached hydrogen (secondary N) is 1. The first-order valence-corrected chi connectivity index (χ1v) is 7.71. The second-order valence-corrected chi connectivity index (χ2v) is 5.58. The van der Waals surface area contributed by atoms with Gasteiger partial charge in [0.1, 0.15) is 11.6 Å². The Morgan fingerprint density at radius 2 is 1.86 bits per heavy atom. The summed E-state index contributed by atoms with van der Waals surface area (Å²) in [4.78, 5) is 2.24. The number of benzene rings is 1. The number of hydrogen-bond acceptors (Lipinski definition) is 3. The van der Waals surface area contributed by atoms with Crippen molar-refractivity contribution in [2.75, 3.05) is 27.7 Å². The second kappa shape index (κ2) is 7.76. The van der Waals surface area contributed by atoms with Gasteiger partial charge in [0.15, 0.2) is 0 Å². The topological polar surface area (TPSA) is 24.5 Å². The van der Waals surface area contributed by atoms with E-state index < -0.39 is 0 Å². The van der Waals surface area contributed by atoms with Gasteiger partial charge in [0.25, 0.3) is 0 Å². The van der Waals surface area contributed by atoms with Crippen LogP contribution in [0.3, 0.4) is 0 Å². The minimum atomic E-state index is -0.228. The van der Waals surface area contributed by atoms with Gasteiger partial charge in [-0.3, -0.25) is 0 Å². The van der Waals surface area contributed by atoms with Crippen LogP contribution in [0.4, 0.5) is 4.39 Å². The molecule has 0 spiro atoms. The van der Waals surface area contributed by atoms with E-state index in [-0.39, 0.29) is 17.4 Å². The summed E-state index contributed by atoms with van der Waals surface area (Å²) < 4.78 is 19.3. The van der Waals surface area contributed by atoms with E-state index in [0.29, 0.717) is 0 Å². The van der Waals surface area contributed by atoms with Gasteiger partial charge in [0.2, 0.25) is 0 Å². The zero-order valence-corrected chi connectivity index (χ0v) is 14.2. The van der Waals surface area contributed by atoms with E-state index in [4.69, 9.17) is 4.74 Å². The van der Waals surface area contributed by atoms with Crippen molar-refractivity contribution in [2.45, 2.75) is 45.2 Å². The summed E-state index contributed by atoms with van der Waals surface area (Å²) in [7, 11) is 5.81. The zero-order valence-electron chi connectivity index (χ0n) is 14.2. The summed E-state index contributed by atoms with van der Waals surface area (Å²) >= 11 is 0. The van der Waals surface area contributed by atoms with Gasteiger partial charge in [-0.15, -0.1) is 0 Å². The molecule has 4 heteroatoms. The molecule has 0 fully saturated rings. The Hall–Kier alpha value is -1.13. The van der Waals surface area contributed by atoms with Crippen LogP contribution in [0.5, 0.6) is 5.75 Å². The van der Waals surface area contributed by atoms with Gasteiger partial charge in [-0.1, -0.05) is 20.8 Å². The summed E-state index contributed by atoms with van der Waals surface area (Å²) in [5.41, 5.74) is 0.800. The molecule has 21 heavy (non-hydrogen) atoms. The van der Waals surface area contributed by atoms with Crippen LogP contribution in [0.25, 0.3) is 0 Å². The van der Waals surface area contributed by atoms with Crippen LogP contribution in [-0.4, -0.2) is 38.2 Å². The molecular formula is C17H29FN2O. The fourth-order valence-electron chi connectivity index (χ4n) is 3.27. The van der Waals surface area contributed by atoms with Gasteiger partial charge in [-0.2, -0.15) is 0 Å². The number of halogens is 1. The standard InChI is InChI=1S/C17H29FN2O/c1-7-17(8-2,20(4)5)16(19-9-3)14-12-13(18)10-11-15(14)21-6/h10-12,16,19H,7-9H2,1-6H3. The average Bonchev–Trinajstić information content (AvgIpc) is 2.47. The van der Waals surface area contributed by atoms with E-state index in [1.54, 1.807) is 19.2 Å². The average molecular weight is 296 g/mol. The van der Waals surface area contributed by atoms with Crippen LogP contribution in [0.2, 0.25) is 0 Å². The number of rotatable bonds is 8. The van der Waals surface area contributed by atoms with Gasteiger partial charge < -0.3 is 15.0 Å². The Morgan fingerprint density at radius 1 is 1.24 bits per heavy atom.